The normalized spacial score (nSPS) is 16.2. The van der Waals surface area contributed by atoms with Crippen LogP contribution < -0.4 is 11.2 Å². The number of aryl methyl sites for hydroxylation is 2. The fourth-order valence-corrected chi connectivity index (χ4v) is 3.75. The zero-order valence-corrected chi connectivity index (χ0v) is 15.7. The summed E-state index contributed by atoms with van der Waals surface area (Å²) in [6, 6.07) is 7.14. The molecule has 0 bridgehead atoms. The highest BCUT2D eigenvalue weighted by atomic mass is 16.4. The third-order valence-corrected chi connectivity index (χ3v) is 5.47. The summed E-state index contributed by atoms with van der Waals surface area (Å²) in [6.45, 7) is 6.86. The summed E-state index contributed by atoms with van der Waals surface area (Å²) in [5.74, 6) is 1.94. The number of nitrogens with one attached hydrogen (secondary N) is 1. The Labute approximate surface area is 156 Å². The maximum atomic E-state index is 12.7. The first-order valence-corrected chi connectivity index (χ1v) is 9.38. The van der Waals surface area contributed by atoms with E-state index in [1.807, 2.05) is 26.0 Å². The number of hydrogen-bond acceptors (Lipinski definition) is 5. The minimum atomic E-state index is -0.327. The minimum Gasteiger partial charge on any atom is -0.444 e. The van der Waals surface area contributed by atoms with Gasteiger partial charge in [-0.2, -0.15) is 0 Å². The van der Waals surface area contributed by atoms with E-state index < -0.39 is 0 Å². The molecule has 27 heavy (non-hydrogen) atoms. The van der Waals surface area contributed by atoms with Crippen LogP contribution in [0.25, 0.3) is 10.9 Å². The van der Waals surface area contributed by atoms with Crippen molar-refractivity contribution >= 4 is 10.9 Å². The van der Waals surface area contributed by atoms with Crippen molar-refractivity contribution in [1.82, 2.24) is 19.4 Å². The van der Waals surface area contributed by atoms with Crippen molar-refractivity contribution in [2.24, 2.45) is 5.92 Å². The van der Waals surface area contributed by atoms with Crippen LogP contribution in [-0.4, -0.2) is 32.5 Å². The van der Waals surface area contributed by atoms with E-state index in [-0.39, 0.29) is 11.2 Å². The third kappa shape index (κ3) is 3.60. The second-order valence-electron chi connectivity index (χ2n) is 7.36. The highest BCUT2D eigenvalue weighted by Crippen LogP contribution is 2.20. The number of hydrogen-bond donors (Lipinski definition) is 1. The number of aromatic nitrogens is 3. The Morgan fingerprint density at radius 1 is 1.19 bits per heavy atom. The lowest BCUT2D eigenvalue weighted by molar-refractivity contribution is 0.153. The molecule has 7 heteroatoms. The number of para-hydroxylation sites is 1. The van der Waals surface area contributed by atoms with Gasteiger partial charge in [0.25, 0.3) is 5.56 Å². The van der Waals surface area contributed by atoms with Crippen LogP contribution >= 0.6 is 0 Å². The Morgan fingerprint density at radius 2 is 1.93 bits per heavy atom. The molecular formula is C20H24N4O3. The molecule has 1 fully saturated rings. The van der Waals surface area contributed by atoms with Crippen LogP contribution in [0.2, 0.25) is 0 Å². The van der Waals surface area contributed by atoms with E-state index in [0.717, 1.165) is 43.3 Å². The van der Waals surface area contributed by atoms with Crippen molar-refractivity contribution in [3.8, 4) is 0 Å². The summed E-state index contributed by atoms with van der Waals surface area (Å²) >= 11 is 0. The summed E-state index contributed by atoms with van der Waals surface area (Å²) in [5, 5.41) is 0.559. The molecule has 4 rings (SSSR count). The molecule has 3 aromatic rings. The zero-order chi connectivity index (χ0) is 19.0. The number of fused-ring (bicyclic) bond motifs is 1. The zero-order valence-electron chi connectivity index (χ0n) is 15.7. The van der Waals surface area contributed by atoms with Crippen molar-refractivity contribution in [3.05, 3.63) is 62.4 Å². The van der Waals surface area contributed by atoms with Gasteiger partial charge in [-0.25, -0.2) is 9.78 Å². The minimum absolute atomic E-state index is 0.206. The lowest BCUT2D eigenvalue weighted by Crippen LogP contribution is -2.40. The van der Waals surface area contributed by atoms with Gasteiger partial charge in [0.15, 0.2) is 0 Å². The van der Waals surface area contributed by atoms with Crippen LogP contribution in [0.15, 0.2) is 38.3 Å². The van der Waals surface area contributed by atoms with Gasteiger partial charge in [-0.3, -0.25) is 14.3 Å². The Bertz CT molecular complexity index is 1050. The van der Waals surface area contributed by atoms with Crippen molar-refractivity contribution in [3.63, 3.8) is 0 Å². The van der Waals surface area contributed by atoms with Gasteiger partial charge in [0, 0.05) is 6.54 Å². The van der Waals surface area contributed by atoms with Crippen molar-refractivity contribution in [2.45, 2.75) is 39.8 Å². The van der Waals surface area contributed by atoms with Crippen LogP contribution in [0.4, 0.5) is 0 Å². The van der Waals surface area contributed by atoms with E-state index in [4.69, 9.17) is 4.42 Å². The molecule has 142 valence electrons. The van der Waals surface area contributed by atoms with Crippen LogP contribution in [0.1, 0.15) is 30.2 Å². The van der Waals surface area contributed by atoms with Gasteiger partial charge in [-0.1, -0.05) is 12.1 Å². The van der Waals surface area contributed by atoms with Crippen molar-refractivity contribution in [1.29, 1.82) is 0 Å². The number of likely N-dealkylation sites (tertiary alicyclic amines) is 1. The number of oxazole rings is 1. The van der Waals surface area contributed by atoms with E-state index in [9.17, 15) is 9.59 Å². The first kappa shape index (κ1) is 17.7. The number of nitrogens with zero attached hydrogens (tertiary/aromatic N) is 3. The van der Waals surface area contributed by atoms with Gasteiger partial charge in [0.1, 0.15) is 5.76 Å². The number of benzene rings is 1. The Morgan fingerprint density at radius 3 is 2.63 bits per heavy atom. The van der Waals surface area contributed by atoms with Gasteiger partial charge in [-0.05, 0) is 57.8 Å². The van der Waals surface area contributed by atoms with Gasteiger partial charge in [-0.15, -0.1) is 0 Å². The third-order valence-electron chi connectivity index (χ3n) is 5.47. The molecule has 1 saturated heterocycles. The Kier molecular flexibility index (Phi) is 4.70. The number of piperidine rings is 1. The molecule has 2 aromatic heterocycles. The lowest BCUT2D eigenvalue weighted by atomic mass is 9.96. The van der Waals surface area contributed by atoms with E-state index in [2.05, 4.69) is 14.9 Å². The molecule has 1 aromatic carbocycles. The summed E-state index contributed by atoms with van der Waals surface area (Å²) in [7, 11) is 0. The largest absolute Gasteiger partial charge is 0.444 e. The van der Waals surface area contributed by atoms with Crippen LogP contribution in [0, 0.1) is 19.8 Å². The predicted molar refractivity (Wildman–Crippen MR) is 103 cm³/mol. The topological polar surface area (TPSA) is 84.1 Å². The van der Waals surface area contributed by atoms with Gasteiger partial charge >= 0.3 is 5.69 Å². The molecule has 1 aliphatic rings. The second-order valence-corrected chi connectivity index (χ2v) is 7.36. The highest BCUT2D eigenvalue weighted by Gasteiger charge is 2.22. The van der Waals surface area contributed by atoms with Crippen molar-refractivity contribution < 1.29 is 4.42 Å². The summed E-state index contributed by atoms with van der Waals surface area (Å²) in [6.07, 6.45) is 1.88. The molecule has 0 aliphatic carbocycles. The SMILES string of the molecule is Cc1nc(CN2CCC(Cn3c(=O)[nH]c4ccccc4c3=O)CC2)oc1C. The predicted octanol–water partition coefficient (Wildman–Crippen LogP) is 2.21. The van der Waals surface area contributed by atoms with Crippen LogP contribution in [0.3, 0.4) is 0 Å². The average molecular weight is 368 g/mol. The van der Waals surface area contributed by atoms with E-state index in [1.54, 1.807) is 12.1 Å². The number of aromatic amines is 1. The van der Waals surface area contributed by atoms with Crippen molar-refractivity contribution in [2.75, 3.05) is 13.1 Å². The maximum absolute atomic E-state index is 12.7. The lowest BCUT2D eigenvalue weighted by Gasteiger charge is -2.31. The molecule has 1 N–H and O–H groups in total. The maximum Gasteiger partial charge on any atom is 0.328 e. The molecule has 0 saturated carbocycles. The standard InChI is InChI=1S/C20H24N4O3/c1-13-14(2)27-18(21-13)12-23-9-7-15(8-10-23)11-24-19(25)16-5-3-4-6-17(16)22-20(24)26/h3-6,15H,7-12H2,1-2H3,(H,22,26). The first-order chi connectivity index (χ1) is 13.0. The summed E-state index contributed by atoms with van der Waals surface area (Å²) in [4.78, 5) is 34.6. The molecular weight excluding hydrogens is 344 g/mol. The highest BCUT2D eigenvalue weighted by molar-refractivity contribution is 5.76. The van der Waals surface area contributed by atoms with Gasteiger partial charge < -0.3 is 9.40 Å². The fourth-order valence-electron chi connectivity index (χ4n) is 3.75. The Balaban J connectivity index is 1.43. The molecule has 0 spiro atoms. The molecule has 0 radical (unpaired) electrons. The molecule has 1 aliphatic heterocycles. The first-order valence-electron chi connectivity index (χ1n) is 9.38. The molecule has 7 nitrogen and oxygen atoms in total. The monoisotopic (exact) mass is 368 g/mol. The summed E-state index contributed by atoms with van der Waals surface area (Å²) in [5.41, 5.74) is 0.999. The van der Waals surface area contributed by atoms with Gasteiger partial charge in [0.2, 0.25) is 5.89 Å². The molecule has 3 heterocycles. The van der Waals surface area contributed by atoms with Crippen LogP contribution in [0.5, 0.6) is 0 Å². The second kappa shape index (κ2) is 7.15. The summed E-state index contributed by atoms with van der Waals surface area (Å²) < 4.78 is 7.02. The van der Waals surface area contributed by atoms with E-state index in [0.29, 0.717) is 29.9 Å². The number of H-pyrrole nitrogens is 1. The van der Waals surface area contributed by atoms with E-state index in [1.165, 1.54) is 4.57 Å². The number of rotatable bonds is 4. The molecule has 0 amide bonds. The fraction of sp³-hybridized carbons (Fsp3) is 0.450. The van der Waals surface area contributed by atoms with E-state index >= 15 is 0 Å². The van der Waals surface area contributed by atoms with Crippen LogP contribution in [-0.2, 0) is 13.1 Å². The molecule has 0 unspecified atom stereocenters. The molecule has 0 atom stereocenters. The average Bonchev–Trinajstić information content (AvgIpc) is 2.97. The van der Waals surface area contributed by atoms with Gasteiger partial charge in [0.05, 0.1) is 23.1 Å². The Hall–Kier alpha value is -2.67. The quantitative estimate of drug-likeness (QED) is 0.763. The smallest absolute Gasteiger partial charge is 0.328 e.